The lowest BCUT2D eigenvalue weighted by Gasteiger charge is -2.38. The van der Waals surface area contributed by atoms with Gasteiger partial charge in [0.1, 0.15) is 6.26 Å². The molecule has 0 saturated carbocycles. The summed E-state index contributed by atoms with van der Waals surface area (Å²) in [6.45, 7) is 1.02. The van der Waals surface area contributed by atoms with Crippen molar-refractivity contribution in [3.63, 3.8) is 0 Å². The molecule has 2 bridgehead atoms. The smallest absolute Gasteiger partial charge is 0.169 e. The number of hydrogen-bond acceptors (Lipinski definition) is 3. The molecule has 3 heterocycles. The lowest BCUT2D eigenvalue weighted by Crippen LogP contribution is -2.44. The van der Waals surface area contributed by atoms with Crippen molar-refractivity contribution in [2.75, 3.05) is 0 Å². The Balaban J connectivity index is 1.46. The van der Waals surface area contributed by atoms with E-state index < -0.39 is 0 Å². The molecule has 2 unspecified atom stereocenters. The number of hydrogen-bond donors (Lipinski definition) is 0. The van der Waals surface area contributed by atoms with Crippen LogP contribution in [0.4, 0.5) is 0 Å². The van der Waals surface area contributed by atoms with Crippen LogP contribution in [0.1, 0.15) is 41.6 Å². The fraction of sp³-hybridized carbons (Fsp3) is 0.421. The summed E-state index contributed by atoms with van der Waals surface area (Å²) < 4.78 is 5.06. The molecular weight excluding hydrogens is 274 g/mol. The standard InChI is InChI=1S/C19H21NO2/c21-19(15-8-9-22-13-15)16-10-17-6-7-18(11-16)20(17)12-14-4-2-1-3-5-14/h1-5,8-9,13,16-18H,6-7,10-12H2. The molecule has 2 atom stereocenters. The predicted octanol–water partition coefficient (Wildman–Crippen LogP) is 3.91. The maximum absolute atomic E-state index is 12.6. The number of piperidine rings is 1. The highest BCUT2D eigenvalue weighted by Crippen LogP contribution is 2.40. The molecule has 0 spiro atoms. The summed E-state index contributed by atoms with van der Waals surface area (Å²) in [4.78, 5) is 15.2. The number of fused-ring (bicyclic) bond motifs is 2. The van der Waals surface area contributed by atoms with Crippen molar-refractivity contribution in [3.05, 3.63) is 60.1 Å². The van der Waals surface area contributed by atoms with Crippen LogP contribution in [0.5, 0.6) is 0 Å². The van der Waals surface area contributed by atoms with E-state index >= 15 is 0 Å². The zero-order valence-electron chi connectivity index (χ0n) is 12.7. The Morgan fingerprint density at radius 3 is 2.45 bits per heavy atom. The first-order valence-corrected chi connectivity index (χ1v) is 8.17. The second kappa shape index (κ2) is 5.73. The van der Waals surface area contributed by atoms with Gasteiger partial charge in [0, 0.05) is 24.5 Å². The average molecular weight is 295 g/mol. The fourth-order valence-electron chi connectivity index (χ4n) is 4.18. The van der Waals surface area contributed by atoms with E-state index in [0.29, 0.717) is 12.1 Å². The highest BCUT2D eigenvalue weighted by atomic mass is 16.3. The topological polar surface area (TPSA) is 33.5 Å². The number of ketones is 1. The van der Waals surface area contributed by atoms with Crippen LogP contribution in [-0.2, 0) is 6.54 Å². The summed E-state index contributed by atoms with van der Waals surface area (Å²) in [6.07, 6.45) is 7.62. The van der Waals surface area contributed by atoms with Crippen LogP contribution in [-0.4, -0.2) is 22.8 Å². The minimum atomic E-state index is 0.169. The lowest BCUT2D eigenvalue weighted by atomic mass is 9.85. The molecule has 4 rings (SSSR count). The third kappa shape index (κ3) is 2.50. The molecule has 2 aromatic rings. The molecule has 22 heavy (non-hydrogen) atoms. The molecule has 0 radical (unpaired) electrons. The summed E-state index contributed by atoms with van der Waals surface area (Å²) in [5.74, 6) is 0.437. The lowest BCUT2D eigenvalue weighted by molar-refractivity contribution is 0.0677. The molecule has 2 aliphatic heterocycles. The van der Waals surface area contributed by atoms with Gasteiger partial charge in [-0.05, 0) is 37.3 Å². The molecule has 3 heteroatoms. The van der Waals surface area contributed by atoms with Gasteiger partial charge in [0.05, 0.1) is 11.8 Å². The summed E-state index contributed by atoms with van der Waals surface area (Å²) in [5, 5.41) is 0. The van der Waals surface area contributed by atoms with E-state index in [1.54, 1.807) is 18.6 Å². The largest absolute Gasteiger partial charge is 0.472 e. The van der Waals surface area contributed by atoms with E-state index in [4.69, 9.17) is 4.42 Å². The first kappa shape index (κ1) is 13.8. The van der Waals surface area contributed by atoms with E-state index in [2.05, 4.69) is 35.2 Å². The van der Waals surface area contributed by atoms with Crippen LogP contribution >= 0.6 is 0 Å². The molecule has 0 aliphatic carbocycles. The number of carbonyl (C=O) groups excluding carboxylic acids is 1. The quantitative estimate of drug-likeness (QED) is 0.802. The third-order valence-electron chi connectivity index (χ3n) is 5.27. The van der Waals surface area contributed by atoms with Crippen molar-refractivity contribution < 1.29 is 9.21 Å². The van der Waals surface area contributed by atoms with Gasteiger partial charge < -0.3 is 4.42 Å². The van der Waals surface area contributed by atoms with Crippen LogP contribution in [0.2, 0.25) is 0 Å². The molecule has 2 aliphatic rings. The van der Waals surface area contributed by atoms with Gasteiger partial charge in [-0.2, -0.15) is 0 Å². The van der Waals surface area contributed by atoms with E-state index in [9.17, 15) is 4.79 Å². The Bertz CT molecular complexity index is 621. The number of nitrogens with zero attached hydrogens (tertiary/aromatic N) is 1. The number of benzene rings is 1. The Kier molecular flexibility index (Phi) is 3.59. The first-order valence-electron chi connectivity index (χ1n) is 8.17. The minimum absolute atomic E-state index is 0.169. The molecule has 0 amide bonds. The van der Waals surface area contributed by atoms with Crippen molar-refractivity contribution in [3.8, 4) is 0 Å². The zero-order chi connectivity index (χ0) is 14.9. The van der Waals surface area contributed by atoms with Gasteiger partial charge in [-0.3, -0.25) is 9.69 Å². The highest BCUT2D eigenvalue weighted by Gasteiger charge is 2.42. The summed E-state index contributed by atoms with van der Waals surface area (Å²) in [6, 6.07) is 13.6. The number of Topliss-reactive ketones (excluding diaryl/α,β-unsaturated/α-hetero) is 1. The van der Waals surface area contributed by atoms with E-state index in [1.807, 2.05) is 0 Å². The second-order valence-corrected chi connectivity index (χ2v) is 6.59. The van der Waals surface area contributed by atoms with Crippen molar-refractivity contribution in [1.29, 1.82) is 0 Å². The predicted molar refractivity (Wildman–Crippen MR) is 84.6 cm³/mol. The number of furan rings is 1. The first-order chi connectivity index (χ1) is 10.8. The normalized spacial score (nSPS) is 27.9. The fourth-order valence-corrected chi connectivity index (χ4v) is 4.18. The molecule has 3 nitrogen and oxygen atoms in total. The van der Waals surface area contributed by atoms with Gasteiger partial charge in [0.15, 0.2) is 5.78 Å². The maximum Gasteiger partial charge on any atom is 0.169 e. The third-order valence-corrected chi connectivity index (χ3v) is 5.27. The van der Waals surface area contributed by atoms with Crippen LogP contribution in [0.3, 0.4) is 0 Å². The number of rotatable bonds is 4. The van der Waals surface area contributed by atoms with E-state index in [1.165, 1.54) is 18.4 Å². The Hall–Kier alpha value is -1.87. The molecular formula is C19H21NO2. The molecule has 2 fully saturated rings. The molecule has 1 aromatic heterocycles. The highest BCUT2D eigenvalue weighted by molar-refractivity contribution is 5.97. The SMILES string of the molecule is O=C(c1ccoc1)C1CC2CCC(C1)N2Cc1ccccc1. The van der Waals surface area contributed by atoms with Crippen molar-refractivity contribution >= 4 is 5.78 Å². The summed E-state index contributed by atoms with van der Waals surface area (Å²) in [7, 11) is 0. The Morgan fingerprint density at radius 1 is 1.09 bits per heavy atom. The van der Waals surface area contributed by atoms with Gasteiger partial charge in [0.2, 0.25) is 0 Å². The van der Waals surface area contributed by atoms with Gasteiger partial charge in [-0.25, -0.2) is 0 Å². The maximum atomic E-state index is 12.6. The second-order valence-electron chi connectivity index (χ2n) is 6.59. The Labute approximate surface area is 130 Å². The van der Waals surface area contributed by atoms with Crippen molar-refractivity contribution in [1.82, 2.24) is 4.90 Å². The minimum Gasteiger partial charge on any atom is -0.472 e. The van der Waals surface area contributed by atoms with Gasteiger partial charge >= 0.3 is 0 Å². The van der Waals surface area contributed by atoms with E-state index in [-0.39, 0.29) is 11.7 Å². The molecule has 0 N–H and O–H groups in total. The molecule has 1 aromatic carbocycles. The van der Waals surface area contributed by atoms with Crippen LogP contribution in [0.25, 0.3) is 0 Å². The monoisotopic (exact) mass is 295 g/mol. The Morgan fingerprint density at radius 2 is 1.82 bits per heavy atom. The summed E-state index contributed by atoms with van der Waals surface area (Å²) >= 11 is 0. The van der Waals surface area contributed by atoms with Crippen LogP contribution in [0, 0.1) is 5.92 Å². The van der Waals surface area contributed by atoms with E-state index in [0.717, 1.165) is 24.9 Å². The van der Waals surface area contributed by atoms with Crippen molar-refractivity contribution in [2.24, 2.45) is 5.92 Å². The van der Waals surface area contributed by atoms with Gasteiger partial charge in [-0.1, -0.05) is 30.3 Å². The average Bonchev–Trinajstić information content (AvgIpc) is 3.14. The van der Waals surface area contributed by atoms with Gasteiger partial charge in [0.25, 0.3) is 0 Å². The van der Waals surface area contributed by atoms with Crippen LogP contribution < -0.4 is 0 Å². The molecule has 2 saturated heterocycles. The van der Waals surface area contributed by atoms with Crippen molar-refractivity contribution in [2.45, 2.75) is 44.3 Å². The van der Waals surface area contributed by atoms with Crippen LogP contribution in [0.15, 0.2) is 53.3 Å². The number of carbonyl (C=O) groups is 1. The van der Waals surface area contributed by atoms with Gasteiger partial charge in [-0.15, -0.1) is 0 Å². The molecule has 114 valence electrons. The summed E-state index contributed by atoms with van der Waals surface area (Å²) in [5.41, 5.74) is 2.11. The zero-order valence-corrected chi connectivity index (χ0v) is 12.7.